The van der Waals surface area contributed by atoms with E-state index in [0.29, 0.717) is 12.1 Å². The molecule has 1 aliphatic carbocycles. The van der Waals surface area contributed by atoms with Crippen LogP contribution in [0.4, 0.5) is 11.6 Å². The van der Waals surface area contributed by atoms with E-state index in [0.717, 1.165) is 37.4 Å². The lowest BCUT2D eigenvalue weighted by Crippen LogP contribution is -2.40. The predicted molar refractivity (Wildman–Crippen MR) is 70.5 cm³/mol. The third-order valence-corrected chi connectivity index (χ3v) is 3.09. The van der Waals surface area contributed by atoms with Crippen molar-refractivity contribution in [2.45, 2.75) is 38.3 Å². The Morgan fingerprint density at radius 3 is 2.82 bits per heavy atom. The maximum Gasteiger partial charge on any atom is 0.128 e. The monoisotopic (exact) mass is 235 g/mol. The van der Waals surface area contributed by atoms with Gasteiger partial charge in [-0.1, -0.05) is 13.0 Å². The number of nitrogens with zero attached hydrogens (tertiary/aromatic N) is 1. The standard InChI is InChI=1S/C13H21N3O/c1-3-7-14-12-5-4-6-13(16-12)15-10-8-11(9-10)17-2/h4-6,10-11H,3,7-9H2,1-2H3,(H2,14,15,16). The van der Waals surface area contributed by atoms with Crippen molar-refractivity contribution in [3.8, 4) is 0 Å². The maximum absolute atomic E-state index is 5.26. The molecule has 0 aliphatic heterocycles. The topological polar surface area (TPSA) is 46.2 Å². The molecule has 0 spiro atoms. The number of nitrogens with one attached hydrogen (secondary N) is 2. The third-order valence-electron chi connectivity index (χ3n) is 3.09. The maximum atomic E-state index is 5.26. The SMILES string of the molecule is CCCNc1cccc(NC2CC(OC)C2)n1. The first-order valence-corrected chi connectivity index (χ1v) is 6.32. The molecule has 0 bridgehead atoms. The Labute approximate surface area is 103 Å². The van der Waals surface area contributed by atoms with Crippen LogP contribution in [0.15, 0.2) is 18.2 Å². The minimum atomic E-state index is 0.425. The molecule has 0 aromatic carbocycles. The number of ether oxygens (including phenoxy) is 1. The van der Waals surface area contributed by atoms with Crippen LogP contribution in [0.25, 0.3) is 0 Å². The smallest absolute Gasteiger partial charge is 0.128 e. The number of methoxy groups -OCH3 is 1. The molecule has 1 fully saturated rings. The van der Waals surface area contributed by atoms with Crippen LogP contribution < -0.4 is 10.6 Å². The lowest BCUT2D eigenvalue weighted by atomic mass is 9.89. The highest BCUT2D eigenvalue weighted by Crippen LogP contribution is 2.25. The van der Waals surface area contributed by atoms with Crippen LogP contribution in [0.5, 0.6) is 0 Å². The lowest BCUT2D eigenvalue weighted by molar-refractivity contribution is 0.0328. The number of rotatable bonds is 6. The molecule has 1 saturated carbocycles. The molecular formula is C13H21N3O. The van der Waals surface area contributed by atoms with Crippen molar-refractivity contribution in [1.29, 1.82) is 0 Å². The van der Waals surface area contributed by atoms with Crippen molar-refractivity contribution in [2.24, 2.45) is 0 Å². The van der Waals surface area contributed by atoms with Gasteiger partial charge in [-0.3, -0.25) is 0 Å². The second-order valence-electron chi connectivity index (χ2n) is 4.51. The molecule has 0 atom stereocenters. The fraction of sp³-hybridized carbons (Fsp3) is 0.615. The van der Waals surface area contributed by atoms with Gasteiger partial charge in [0.25, 0.3) is 0 Å². The summed E-state index contributed by atoms with van der Waals surface area (Å²) in [6.07, 6.45) is 3.68. The summed E-state index contributed by atoms with van der Waals surface area (Å²) < 4.78 is 5.26. The van der Waals surface area contributed by atoms with E-state index < -0.39 is 0 Å². The van der Waals surface area contributed by atoms with E-state index in [1.807, 2.05) is 18.2 Å². The molecule has 2 N–H and O–H groups in total. The van der Waals surface area contributed by atoms with E-state index in [9.17, 15) is 0 Å². The Kier molecular flexibility index (Phi) is 4.20. The van der Waals surface area contributed by atoms with Crippen molar-refractivity contribution in [2.75, 3.05) is 24.3 Å². The predicted octanol–water partition coefficient (Wildman–Crippen LogP) is 2.49. The fourth-order valence-corrected chi connectivity index (χ4v) is 1.95. The summed E-state index contributed by atoms with van der Waals surface area (Å²) in [6.45, 7) is 3.11. The Morgan fingerprint density at radius 2 is 2.12 bits per heavy atom. The van der Waals surface area contributed by atoms with Crippen molar-refractivity contribution < 1.29 is 4.74 Å². The van der Waals surface area contributed by atoms with E-state index in [2.05, 4.69) is 22.5 Å². The first kappa shape index (κ1) is 12.2. The minimum Gasteiger partial charge on any atom is -0.381 e. The molecule has 1 heterocycles. The Hall–Kier alpha value is -1.29. The van der Waals surface area contributed by atoms with Gasteiger partial charge in [0, 0.05) is 19.7 Å². The van der Waals surface area contributed by atoms with Crippen LogP contribution in [0, 0.1) is 0 Å². The van der Waals surface area contributed by atoms with E-state index in [4.69, 9.17) is 4.74 Å². The molecule has 4 nitrogen and oxygen atoms in total. The molecule has 1 aliphatic rings. The van der Waals surface area contributed by atoms with Gasteiger partial charge < -0.3 is 15.4 Å². The first-order chi connectivity index (χ1) is 8.31. The Bertz CT molecular complexity index is 350. The zero-order chi connectivity index (χ0) is 12.1. The zero-order valence-corrected chi connectivity index (χ0v) is 10.6. The van der Waals surface area contributed by atoms with E-state index >= 15 is 0 Å². The zero-order valence-electron chi connectivity index (χ0n) is 10.6. The summed E-state index contributed by atoms with van der Waals surface area (Å²) in [5.74, 6) is 1.89. The first-order valence-electron chi connectivity index (χ1n) is 6.32. The Morgan fingerprint density at radius 1 is 1.35 bits per heavy atom. The summed E-state index contributed by atoms with van der Waals surface area (Å²) in [5.41, 5.74) is 0. The molecule has 94 valence electrons. The van der Waals surface area contributed by atoms with E-state index in [-0.39, 0.29) is 0 Å². The molecule has 1 aromatic heterocycles. The van der Waals surface area contributed by atoms with Crippen LogP contribution in [0.3, 0.4) is 0 Å². The molecule has 4 heteroatoms. The second kappa shape index (κ2) is 5.87. The normalized spacial score (nSPS) is 22.9. The van der Waals surface area contributed by atoms with Crippen molar-refractivity contribution >= 4 is 11.6 Å². The van der Waals surface area contributed by atoms with Crippen molar-refractivity contribution in [3.63, 3.8) is 0 Å². The highest BCUT2D eigenvalue weighted by molar-refractivity contribution is 5.45. The fourth-order valence-electron chi connectivity index (χ4n) is 1.95. The van der Waals surface area contributed by atoms with Gasteiger partial charge >= 0.3 is 0 Å². The van der Waals surface area contributed by atoms with Gasteiger partial charge in [0.15, 0.2) is 0 Å². The van der Waals surface area contributed by atoms with Crippen LogP contribution >= 0.6 is 0 Å². The molecule has 0 unspecified atom stereocenters. The number of hydrogen-bond donors (Lipinski definition) is 2. The van der Waals surface area contributed by atoms with Crippen molar-refractivity contribution in [3.05, 3.63) is 18.2 Å². The highest BCUT2D eigenvalue weighted by Gasteiger charge is 2.28. The molecule has 2 rings (SSSR count). The van der Waals surface area contributed by atoms with E-state index in [1.165, 1.54) is 0 Å². The van der Waals surface area contributed by atoms with Gasteiger partial charge in [-0.2, -0.15) is 0 Å². The summed E-state index contributed by atoms with van der Waals surface area (Å²) >= 11 is 0. The molecule has 0 radical (unpaired) electrons. The quantitative estimate of drug-likeness (QED) is 0.795. The van der Waals surface area contributed by atoms with Crippen LogP contribution in [-0.4, -0.2) is 30.8 Å². The van der Waals surface area contributed by atoms with Crippen LogP contribution in [0.2, 0.25) is 0 Å². The average Bonchev–Trinajstić information content (AvgIpc) is 2.31. The average molecular weight is 235 g/mol. The van der Waals surface area contributed by atoms with Crippen LogP contribution in [-0.2, 0) is 4.74 Å². The summed E-state index contributed by atoms with van der Waals surface area (Å²) in [5, 5.41) is 6.72. The minimum absolute atomic E-state index is 0.425. The highest BCUT2D eigenvalue weighted by atomic mass is 16.5. The molecule has 1 aromatic rings. The largest absolute Gasteiger partial charge is 0.381 e. The third kappa shape index (κ3) is 3.33. The van der Waals surface area contributed by atoms with Crippen molar-refractivity contribution in [1.82, 2.24) is 4.98 Å². The Balaban J connectivity index is 1.84. The summed E-state index contributed by atoms with van der Waals surface area (Å²) in [7, 11) is 1.77. The van der Waals surface area contributed by atoms with Gasteiger partial charge in [0.1, 0.15) is 11.6 Å². The van der Waals surface area contributed by atoms with Gasteiger partial charge in [0.2, 0.25) is 0 Å². The summed E-state index contributed by atoms with van der Waals surface area (Å²) in [4.78, 5) is 4.52. The number of pyridine rings is 1. The second-order valence-corrected chi connectivity index (χ2v) is 4.51. The van der Waals surface area contributed by atoms with Crippen LogP contribution in [0.1, 0.15) is 26.2 Å². The van der Waals surface area contributed by atoms with Gasteiger partial charge in [-0.05, 0) is 31.4 Å². The van der Waals surface area contributed by atoms with Gasteiger partial charge in [0.05, 0.1) is 6.10 Å². The van der Waals surface area contributed by atoms with Gasteiger partial charge in [-0.25, -0.2) is 4.98 Å². The summed E-state index contributed by atoms with van der Waals surface area (Å²) in [6, 6.07) is 6.55. The van der Waals surface area contributed by atoms with E-state index in [1.54, 1.807) is 7.11 Å². The molecule has 17 heavy (non-hydrogen) atoms. The molecule has 0 amide bonds. The molecule has 0 saturated heterocycles. The molecular weight excluding hydrogens is 214 g/mol. The van der Waals surface area contributed by atoms with Gasteiger partial charge in [-0.15, -0.1) is 0 Å². The lowest BCUT2D eigenvalue weighted by Gasteiger charge is -2.34. The number of anilines is 2. The number of aromatic nitrogens is 1. The number of hydrogen-bond acceptors (Lipinski definition) is 4.